The lowest BCUT2D eigenvalue weighted by molar-refractivity contribution is 0.221. The Bertz CT molecular complexity index is 984. The molecule has 2 aromatic carbocycles. The highest BCUT2D eigenvalue weighted by Crippen LogP contribution is 2.24. The van der Waals surface area contributed by atoms with Gasteiger partial charge >= 0.3 is 0 Å². The number of halogens is 1. The zero-order valence-corrected chi connectivity index (χ0v) is 14.2. The van der Waals surface area contributed by atoms with Crippen LogP contribution in [0.1, 0.15) is 11.7 Å². The van der Waals surface area contributed by atoms with Crippen LogP contribution in [0.25, 0.3) is 0 Å². The first kappa shape index (κ1) is 18.0. The summed E-state index contributed by atoms with van der Waals surface area (Å²) in [5, 5.41) is 24.6. The van der Waals surface area contributed by atoms with E-state index in [1.54, 1.807) is 24.3 Å². The molecule has 6 nitrogen and oxygen atoms in total. The zero-order valence-electron chi connectivity index (χ0n) is 14.2. The summed E-state index contributed by atoms with van der Waals surface area (Å²) in [5.74, 6) is -0.337. The van der Waals surface area contributed by atoms with Crippen molar-refractivity contribution in [2.45, 2.75) is 6.10 Å². The summed E-state index contributed by atoms with van der Waals surface area (Å²) in [4.78, 5) is 8.08. The third-order valence-corrected chi connectivity index (χ3v) is 3.74. The Kier molecular flexibility index (Phi) is 5.40. The van der Waals surface area contributed by atoms with Crippen LogP contribution < -0.4 is 10.6 Å². The molecule has 1 heterocycles. The molecule has 1 aromatic heterocycles. The summed E-state index contributed by atoms with van der Waals surface area (Å²) in [5.41, 5.74) is 1.92. The maximum absolute atomic E-state index is 14.1. The van der Waals surface area contributed by atoms with Gasteiger partial charge in [0, 0.05) is 11.4 Å². The molecular formula is C20H16FN5O. The minimum Gasteiger partial charge on any atom is -0.383 e. The summed E-state index contributed by atoms with van der Waals surface area (Å²) < 4.78 is 14.1. The van der Waals surface area contributed by atoms with Gasteiger partial charge < -0.3 is 15.7 Å². The molecule has 1 unspecified atom stereocenters. The number of nitrogens with one attached hydrogen (secondary N) is 2. The lowest BCUT2D eigenvalue weighted by Gasteiger charge is -2.12. The van der Waals surface area contributed by atoms with E-state index in [1.165, 1.54) is 0 Å². The number of nitriles is 1. The number of benzene rings is 2. The number of para-hydroxylation sites is 1. The third-order valence-electron chi connectivity index (χ3n) is 3.74. The van der Waals surface area contributed by atoms with Gasteiger partial charge in [-0.15, -0.1) is 0 Å². The van der Waals surface area contributed by atoms with Gasteiger partial charge in [-0.2, -0.15) is 10.2 Å². The largest absolute Gasteiger partial charge is 0.383 e. The van der Waals surface area contributed by atoms with E-state index in [9.17, 15) is 9.50 Å². The lowest BCUT2D eigenvalue weighted by atomic mass is 10.0. The van der Waals surface area contributed by atoms with E-state index in [2.05, 4.69) is 27.2 Å². The molecule has 3 N–H and O–H groups in total. The van der Waals surface area contributed by atoms with Crippen molar-refractivity contribution in [1.29, 1.82) is 5.26 Å². The Labute approximate surface area is 155 Å². The lowest BCUT2D eigenvalue weighted by Crippen LogP contribution is -2.04. The molecule has 134 valence electrons. The topological polar surface area (TPSA) is 93.9 Å². The molecule has 1 atom stereocenters. The second kappa shape index (κ2) is 8.08. The SMILES string of the molecule is C=C(C#N)C(O)c1ccc(Nc2nc(Nc3ccccc3)ncc2F)cc1. The Morgan fingerprint density at radius 2 is 1.74 bits per heavy atom. The van der Waals surface area contributed by atoms with Crippen molar-refractivity contribution in [2.24, 2.45) is 0 Å². The van der Waals surface area contributed by atoms with Gasteiger partial charge in [-0.05, 0) is 29.8 Å². The van der Waals surface area contributed by atoms with E-state index < -0.39 is 11.9 Å². The molecule has 0 aliphatic rings. The van der Waals surface area contributed by atoms with Gasteiger partial charge in [0.05, 0.1) is 17.8 Å². The first-order chi connectivity index (χ1) is 13.1. The predicted octanol–water partition coefficient (Wildman–Crippen LogP) is 4.22. The van der Waals surface area contributed by atoms with Crippen LogP contribution in [0.15, 0.2) is 72.9 Å². The van der Waals surface area contributed by atoms with Crippen LogP contribution in [-0.2, 0) is 0 Å². The molecule has 3 rings (SSSR count). The van der Waals surface area contributed by atoms with E-state index in [4.69, 9.17) is 5.26 Å². The summed E-state index contributed by atoms with van der Waals surface area (Å²) in [6.45, 7) is 3.50. The quantitative estimate of drug-likeness (QED) is 0.569. The van der Waals surface area contributed by atoms with Gasteiger partial charge in [0.25, 0.3) is 0 Å². The van der Waals surface area contributed by atoms with E-state index in [0.29, 0.717) is 11.3 Å². The van der Waals surface area contributed by atoms with Crippen molar-refractivity contribution in [2.75, 3.05) is 10.6 Å². The van der Waals surface area contributed by atoms with Crippen LogP contribution in [0.2, 0.25) is 0 Å². The first-order valence-corrected chi connectivity index (χ1v) is 8.05. The van der Waals surface area contributed by atoms with Crippen molar-refractivity contribution >= 4 is 23.1 Å². The molecule has 0 saturated heterocycles. The van der Waals surface area contributed by atoms with Gasteiger partial charge in [-0.25, -0.2) is 9.37 Å². The van der Waals surface area contributed by atoms with Gasteiger partial charge in [0.1, 0.15) is 6.10 Å². The van der Waals surface area contributed by atoms with Crippen molar-refractivity contribution in [1.82, 2.24) is 9.97 Å². The number of rotatable bonds is 6. The number of aliphatic hydroxyl groups excluding tert-OH is 1. The first-order valence-electron chi connectivity index (χ1n) is 8.05. The molecule has 0 aliphatic heterocycles. The standard InChI is InChI=1S/C20H16FN5O/c1-13(11-22)18(27)14-7-9-16(10-8-14)24-19-17(21)12-23-20(26-19)25-15-5-3-2-4-6-15/h2-10,12,18,27H,1H2,(H2,23,24,25,26). The van der Waals surface area contributed by atoms with Crippen LogP contribution in [0, 0.1) is 17.1 Å². The number of hydrogen-bond acceptors (Lipinski definition) is 6. The van der Waals surface area contributed by atoms with Crippen molar-refractivity contribution < 1.29 is 9.50 Å². The fourth-order valence-corrected chi connectivity index (χ4v) is 2.31. The molecule has 0 fully saturated rings. The number of anilines is 4. The van der Waals surface area contributed by atoms with Crippen molar-refractivity contribution in [3.8, 4) is 6.07 Å². The normalized spacial score (nSPS) is 11.3. The highest BCUT2D eigenvalue weighted by molar-refractivity contribution is 5.60. The predicted molar refractivity (Wildman–Crippen MR) is 101 cm³/mol. The molecule has 0 saturated carbocycles. The van der Waals surface area contributed by atoms with E-state index in [0.717, 1.165) is 11.9 Å². The van der Waals surface area contributed by atoms with Crippen LogP contribution >= 0.6 is 0 Å². The molecule has 3 aromatic rings. The fourth-order valence-electron chi connectivity index (χ4n) is 2.31. The average molecular weight is 361 g/mol. The summed E-state index contributed by atoms with van der Waals surface area (Å²) in [6.07, 6.45) is 0.0110. The molecular weight excluding hydrogens is 345 g/mol. The van der Waals surface area contributed by atoms with Gasteiger partial charge in [0.2, 0.25) is 5.95 Å². The Hall–Kier alpha value is -3.76. The number of nitrogens with zero attached hydrogens (tertiary/aromatic N) is 3. The molecule has 0 spiro atoms. The van der Waals surface area contributed by atoms with Crippen LogP contribution in [0.4, 0.5) is 27.5 Å². The number of hydrogen-bond donors (Lipinski definition) is 3. The summed E-state index contributed by atoms with van der Waals surface area (Å²) in [6, 6.07) is 17.7. The van der Waals surface area contributed by atoms with Gasteiger partial charge in [-0.1, -0.05) is 36.9 Å². The van der Waals surface area contributed by atoms with Crippen LogP contribution in [0.5, 0.6) is 0 Å². The Morgan fingerprint density at radius 3 is 2.41 bits per heavy atom. The maximum Gasteiger partial charge on any atom is 0.229 e. The fraction of sp³-hybridized carbons (Fsp3) is 0.0500. The highest BCUT2D eigenvalue weighted by atomic mass is 19.1. The second-order valence-electron chi connectivity index (χ2n) is 5.67. The minimum absolute atomic E-state index is 0.0122. The summed E-state index contributed by atoms with van der Waals surface area (Å²) >= 11 is 0. The maximum atomic E-state index is 14.1. The smallest absolute Gasteiger partial charge is 0.229 e. The third kappa shape index (κ3) is 4.45. The second-order valence-corrected chi connectivity index (χ2v) is 5.67. The molecule has 0 radical (unpaired) electrons. The van der Waals surface area contributed by atoms with Gasteiger partial charge in [0.15, 0.2) is 11.6 Å². The minimum atomic E-state index is -1.07. The Morgan fingerprint density at radius 1 is 1.07 bits per heavy atom. The Balaban J connectivity index is 1.76. The van der Waals surface area contributed by atoms with E-state index >= 15 is 0 Å². The molecule has 0 aliphatic carbocycles. The van der Waals surface area contributed by atoms with Crippen LogP contribution in [-0.4, -0.2) is 15.1 Å². The zero-order chi connectivity index (χ0) is 19.2. The van der Waals surface area contributed by atoms with Gasteiger partial charge in [-0.3, -0.25) is 0 Å². The van der Waals surface area contributed by atoms with Crippen LogP contribution in [0.3, 0.4) is 0 Å². The van der Waals surface area contributed by atoms with Crippen molar-refractivity contribution in [3.63, 3.8) is 0 Å². The van der Waals surface area contributed by atoms with Crippen molar-refractivity contribution in [3.05, 3.63) is 84.3 Å². The monoisotopic (exact) mass is 361 g/mol. The molecule has 27 heavy (non-hydrogen) atoms. The number of aromatic nitrogens is 2. The average Bonchev–Trinajstić information content (AvgIpc) is 2.70. The summed E-state index contributed by atoms with van der Waals surface area (Å²) in [7, 11) is 0. The molecule has 7 heteroatoms. The molecule has 0 amide bonds. The van der Waals surface area contributed by atoms with E-state index in [-0.39, 0.29) is 17.3 Å². The highest BCUT2D eigenvalue weighted by Gasteiger charge is 2.12. The van der Waals surface area contributed by atoms with E-state index in [1.807, 2.05) is 36.4 Å². The molecule has 0 bridgehead atoms. The number of aliphatic hydroxyl groups is 1.